The van der Waals surface area contributed by atoms with Crippen molar-refractivity contribution in [1.29, 1.82) is 0 Å². The highest BCUT2D eigenvalue weighted by Crippen LogP contribution is 2.53. The Morgan fingerprint density at radius 1 is 0.654 bits per heavy atom. The summed E-state index contributed by atoms with van der Waals surface area (Å²) >= 11 is 3.57. The fourth-order valence-corrected chi connectivity index (χ4v) is 4.70. The van der Waals surface area contributed by atoms with Gasteiger partial charge in [-0.2, -0.15) is 0 Å². The number of hydrogen-bond donors (Lipinski definition) is 0. The van der Waals surface area contributed by atoms with Crippen LogP contribution < -0.4 is 14.7 Å². The third kappa shape index (κ3) is 2.12. The summed E-state index contributed by atoms with van der Waals surface area (Å²) in [5.41, 5.74) is 6.51. The Morgan fingerprint density at radius 2 is 1.12 bits per heavy atom. The Bertz CT molecular complexity index is 912. The molecule has 2 heterocycles. The van der Waals surface area contributed by atoms with Crippen LogP contribution in [-0.2, 0) is 0 Å². The highest BCUT2D eigenvalue weighted by atomic mass is 79.9. The molecule has 26 heavy (non-hydrogen) atoms. The molecule has 0 saturated carbocycles. The monoisotopic (exact) mass is 405 g/mol. The first-order valence-electron chi connectivity index (χ1n) is 8.84. The first kappa shape index (κ1) is 15.8. The number of anilines is 3. The number of para-hydroxylation sites is 2. The van der Waals surface area contributed by atoms with Crippen molar-refractivity contribution in [2.45, 2.75) is 12.3 Å². The molecule has 2 unspecified atom stereocenters. The van der Waals surface area contributed by atoms with E-state index in [1.54, 1.807) is 0 Å². The summed E-state index contributed by atoms with van der Waals surface area (Å²) < 4.78 is 1.10. The summed E-state index contributed by atoms with van der Waals surface area (Å²) in [6.45, 7) is 0. The van der Waals surface area contributed by atoms with E-state index in [9.17, 15) is 0 Å². The van der Waals surface area contributed by atoms with Crippen molar-refractivity contribution in [2.75, 3.05) is 28.8 Å². The van der Waals surface area contributed by atoms with Crippen molar-refractivity contribution < 1.29 is 0 Å². The van der Waals surface area contributed by atoms with E-state index in [2.05, 4.69) is 118 Å². The van der Waals surface area contributed by atoms with Gasteiger partial charge in [-0.15, -0.1) is 0 Å². The predicted octanol–water partition coefficient (Wildman–Crippen LogP) is 5.55. The number of rotatable bonds is 1. The van der Waals surface area contributed by atoms with Crippen LogP contribution in [0.5, 0.6) is 0 Å². The van der Waals surface area contributed by atoms with Crippen LogP contribution in [-0.4, -0.2) is 14.1 Å². The van der Waals surface area contributed by atoms with Gasteiger partial charge in [0, 0.05) is 46.8 Å². The van der Waals surface area contributed by atoms with Gasteiger partial charge in [0.1, 0.15) is 12.3 Å². The third-order valence-electron chi connectivity index (χ3n) is 5.58. The second kappa shape index (κ2) is 5.78. The lowest BCUT2D eigenvalue weighted by Crippen LogP contribution is -2.55. The smallest absolute Gasteiger partial charge is 0.132 e. The van der Waals surface area contributed by atoms with Gasteiger partial charge in [-0.1, -0.05) is 52.3 Å². The first-order chi connectivity index (χ1) is 12.7. The lowest BCUT2D eigenvalue weighted by atomic mass is 9.93. The van der Waals surface area contributed by atoms with Gasteiger partial charge in [-0.25, -0.2) is 0 Å². The fourth-order valence-electron chi connectivity index (χ4n) is 4.44. The molecular weight excluding hydrogens is 386 g/mol. The van der Waals surface area contributed by atoms with E-state index in [0.717, 1.165) is 4.47 Å². The van der Waals surface area contributed by atoms with Gasteiger partial charge < -0.3 is 14.7 Å². The zero-order chi connectivity index (χ0) is 17.8. The van der Waals surface area contributed by atoms with Gasteiger partial charge in [-0.05, 0) is 36.4 Å². The summed E-state index contributed by atoms with van der Waals surface area (Å²) in [5.74, 6) is 0. The summed E-state index contributed by atoms with van der Waals surface area (Å²) in [7, 11) is 4.40. The Morgan fingerprint density at radius 3 is 1.62 bits per heavy atom. The van der Waals surface area contributed by atoms with E-state index in [1.165, 1.54) is 28.2 Å². The minimum Gasteiger partial charge on any atom is -0.350 e. The molecule has 0 aliphatic carbocycles. The second-order valence-electron chi connectivity index (χ2n) is 6.97. The molecule has 2 aliphatic rings. The molecule has 2 atom stereocenters. The molecule has 130 valence electrons. The van der Waals surface area contributed by atoms with E-state index in [1.807, 2.05) is 0 Å². The molecule has 0 amide bonds. The standard InChI is InChI=1S/C22H20BrN3/c1-24-19-9-5-3-7-17(19)22-25(2)20-10-6-4-8-18(20)21(24)26(22)16-13-11-15(23)12-14-16/h3-14,21-22H,1-2H3. The second-order valence-corrected chi connectivity index (χ2v) is 7.89. The number of benzene rings is 3. The van der Waals surface area contributed by atoms with Crippen molar-refractivity contribution in [2.24, 2.45) is 0 Å². The highest BCUT2D eigenvalue weighted by molar-refractivity contribution is 9.10. The largest absolute Gasteiger partial charge is 0.350 e. The van der Waals surface area contributed by atoms with Crippen LogP contribution in [0.1, 0.15) is 23.5 Å². The SMILES string of the molecule is CN1c2ccccc2C2N(C)c3ccccc3C1N2c1ccc(Br)cc1. The zero-order valence-electron chi connectivity index (χ0n) is 14.8. The molecule has 3 nitrogen and oxygen atoms in total. The normalized spacial score (nSPS) is 20.7. The summed E-state index contributed by atoms with van der Waals surface area (Å²) in [6.07, 6.45) is 0.340. The first-order valence-corrected chi connectivity index (χ1v) is 9.63. The van der Waals surface area contributed by atoms with E-state index < -0.39 is 0 Å². The highest BCUT2D eigenvalue weighted by Gasteiger charge is 2.45. The number of halogens is 1. The van der Waals surface area contributed by atoms with Crippen LogP contribution in [0.25, 0.3) is 0 Å². The zero-order valence-corrected chi connectivity index (χ0v) is 16.4. The molecule has 4 heteroatoms. The molecule has 2 aliphatic heterocycles. The maximum Gasteiger partial charge on any atom is 0.132 e. The molecule has 0 aromatic heterocycles. The van der Waals surface area contributed by atoms with Gasteiger partial charge in [0.15, 0.2) is 0 Å². The van der Waals surface area contributed by atoms with Gasteiger partial charge in [0.25, 0.3) is 0 Å². The molecule has 0 radical (unpaired) electrons. The molecule has 0 fully saturated rings. The molecule has 3 aromatic carbocycles. The maximum absolute atomic E-state index is 3.57. The minimum absolute atomic E-state index is 0.170. The summed E-state index contributed by atoms with van der Waals surface area (Å²) in [4.78, 5) is 7.33. The van der Waals surface area contributed by atoms with Gasteiger partial charge in [0.05, 0.1) is 0 Å². The molecule has 5 rings (SSSR count). The third-order valence-corrected chi connectivity index (χ3v) is 6.10. The topological polar surface area (TPSA) is 9.72 Å². The van der Waals surface area contributed by atoms with Crippen molar-refractivity contribution in [3.8, 4) is 0 Å². The molecule has 0 spiro atoms. The van der Waals surface area contributed by atoms with Gasteiger partial charge in [-0.3, -0.25) is 0 Å². The van der Waals surface area contributed by atoms with E-state index in [0.29, 0.717) is 0 Å². The summed E-state index contributed by atoms with van der Waals surface area (Å²) in [6, 6.07) is 26.2. The van der Waals surface area contributed by atoms with Crippen LogP contribution in [0.3, 0.4) is 0 Å². The lowest BCUT2D eigenvalue weighted by Gasteiger charge is -2.56. The Kier molecular flexibility index (Phi) is 3.50. The average Bonchev–Trinajstić information content (AvgIpc) is 2.68. The molecule has 3 aromatic rings. The number of nitrogens with zero attached hydrogens (tertiary/aromatic N) is 3. The number of fused-ring (bicyclic) bond motifs is 6. The lowest BCUT2D eigenvalue weighted by molar-refractivity contribution is 0.464. The Labute approximate surface area is 162 Å². The average molecular weight is 406 g/mol. The molecule has 0 N–H and O–H groups in total. The number of hydrogen-bond acceptors (Lipinski definition) is 3. The van der Waals surface area contributed by atoms with Crippen LogP contribution in [0.15, 0.2) is 77.3 Å². The van der Waals surface area contributed by atoms with Crippen molar-refractivity contribution >= 4 is 33.0 Å². The van der Waals surface area contributed by atoms with E-state index in [-0.39, 0.29) is 12.3 Å². The fraction of sp³-hybridized carbons (Fsp3) is 0.182. The Balaban J connectivity index is 1.79. The predicted molar refractivity (Wildman–Crippen MR) is 112 cm³/mol. The van der Waals surface area contributed by atoms with Crippen LogP contribution in [0, 0.1) is 0 Å². The van der Waals surface area contributed by atoms with Gasteiger partial charge in [0.2, 0.25) is 0 Å². The van der Waals surface area contributed by atoms with Gasteiger partial charge >= 0.3 is 0 Å². The molecule has 0 saturated heterocycles. The van der Waals surface area contributed by atoms with Crippen LogP contribution >= 0.6 is 15.9 Å². The van der Waals surface area contributed by atoms with Crippen molar-refractivity contribution in [3.63, 3.8) is 0 Å². The summed E-state index contributed by atoms with van der Waals surface area (Å²) in [5, 5.41) is 0. The Hall–Kier alpha value is -2.46. The van der Waals surface area contributed by atoms with Crippen LogP contribution in [0.2, 0.25) is 0 Å². The maximum atomic E-state index is 3.57. The van der Waals surface area contributed by atoms with Crippen molar-refractivity contribution in [3.05, 3.63) is 88.4 Å². The molecular formula is C22H20BrN3. The minimum atomic E-state index is 0.170. The quantitative estimate of drug-likeness (QED) is 0.525. The van der Waals surface area contributed by atoms with Crippen molar-refractivity contribution in [1.82, 2.24) is 0 Å². The molecule has 2 bridgehead atoms. The van der Waals surface area contributed by atoms with Crippen LogP contribution in [0.4, 0.5) is 17.1 Å². The van der Waals surface area contributed by atoms with E-state index in [4.69, 9.17) is 0 Å². The van der Waals surface area contributed by atoms with E-state index >= 15 is 0 Å².